The number of rotatable bonds is 2. The zero-order chi connectivity index (χ0) is 10.8. The van der Waals surface area contributed by atoms with Gasteiger partial charge in [-0.2, -0.15) is 13.2 Å². The van der Waals surface area contributed by atoms with Crippen molar-refractivity contribution in [2.24, 2.45) is 0 Å². The van der Waals surface area contributed by atoms with Gasteiger partial charge in [0.05, 0.1) is 12.2 Å². The fourth-order valence-electron chi connectivity index (χ4n) is 1.14. The summed E-state index contributed by atoms with van der Waals surface area (Å²) in [5, 5.41) is 17.7. The molecule has 2 nitrogen and oxygen atoms in total. The first-order valence-electron chi connectivity index (χ1n) is 3.92. The molecule has 0 amide bonds. The van der Waals surface area contributed by atoms with Crippen LogP contribution < -0.4 is 0 Å². The highest BCUT2D eigenvalue weighted by molar-refractivity contribution is 5.31. The molecule has 1 rings (SSSR count). The molecule has 0 fully saturated rings. The number of aliphatic hydroxyl groups excluding tert-OH is 2. The van der Waals surface area contributed by atoms with Crippen molar-refractivity contribution >= 4 is 0 Å². The summed E-state index contributed by atoms with van der Waals surface area (Å²) in [6.07, 6.45) is -6.00. The van der Waals surface area contributed by atoms with Gasteiger partial charge in [0.1, 0.15) is 6.10 Å². The Hall–Kier alpha value is -1.07. The molecule has 5 heteroatoms. The summed E-state index contributed by atoms with van der Waals surface area (Å²) >= 11 is 0. The van der Waals surface area contributed by atoms with Crippen molar-refractivity contribution < 1.29 is 23.4 Å². The smallest absolute Gasteiger partial charge is 0.393 e. The monoisotopic (exact) mass is 206 g/mol. The van der Waals surface area contributed by atoms with Gasteiger partial charge in [-0.25, -0.2) is 0 Å². The van der Waals surface area contributed by atoms with Gasteiger partial charge in [-0.15, -0.1) is 0 Å². The molecule has 0 saturated heterocycles. The maximum atomic E-state index is 12.4. The Morgan fingerprint density at radius 1 is 1.21 bits per heavy atom. The van der Waals surface area contributed by atoms with E-state index in [0.29, 0.717) is 0 Å². The highest BCUT2D eigenvalue weighted by Gasteiger charge is 2.34. The third-order valence-electron chi connectivity index (χ3n) is 1.80. The summed E-state index contributed by atoms with van der Waals surface area (Å²) in [6, 6.07) is 4.62. The van der Waals surface area contributed by atoms with Crippen molar-refractivity contribution in [3.05, 3.63) is 35.4 Å². The minimum absolute atomic E-state index is 0.303. The summed E-state index contributed by atoms with van der Waals surface area (Å²) in [4.78, 5) is 0. The van der Waals surface area contributed by atoms with Crippen LogP contribution in [0.4, 0.5) is 13.2 Å². The average molecular weight is 206 g/mol. The van der Waals surface area contributed by atoms with Crippen LogP contribution in [0.1, 0.15) is 17.2 Å². The molecule has 1 aromatic rings. The number of hydrogen-bond donors (Lipinski definition) is 2. The lowest BCUT2D eigenvalue weighted by Crippen LogP contribution is -2.13. The van der Waals surface area contributed by atoms with E-state index in [1.165, 1.54) is 12.1 Å². The van der Waals surface area contributed by atoms with Gasteiger partial charge in [0.25, 0.3) is 0 Å². The maximum Gasteiger partial charge on any atom is 0.416 e. The van der Waals surface area contributed by atoms with E-state index in [0.717, 1.165) is 12.1 Å². The van der Waals surface area contributed by atoms with Crippen LogP contribution in [-0.4, -0.2) is 16.8 Å². The van der Waals surface area contributed by atoms with Crippen LogP contribution >= 0.6 is 0 Å². The van der Waals surface area contributed by atoms with Crippen LogP contribution in [0.3, 0.4) is 0 Å². The van der Waals surface area contributed by atoms with Gasteiger partial charge in [0, 0.05) is 0 Å². The molecule has 0 unspecified atom stereocenters. The lowest BCUT2D eigenvalue weighted by Gasteiger charge is -2.15. The number of benzene rings is 1. The topological polar surface area (TPSA) is 40.5 Å². The maximum absolute atomic E-state index is 12.4. The minimum Gasteiger partial charge on any atom is -0.393 e. The molecule has 78 valence electrons. The van der Waals surface area contributed by atoms with Gasteiger partial charge in [-0.05, 0) is 11.6 Å². The fraction of sp³-hybridized carbons (Fsp3) is 0.333. The number of alkyl halides is 3. The Morgan fingerprint density at radius 3 is 2.29 bits per heavy atom. The molecule has 0 spiro atoms. The van der Waals surface area contributed by atoms with Crippen LogP contribution in [0.15, 0.2) is 24.3 Å². The van der Waals surface area contributed by atoms with E-state index in [9.17, 15) is 13.2 Å². The lowest BCUT2D eigenvalue weighted by atomic mass is 10.0. The van der Waals surface area contributed by atoms with Crippen molar-refractivity contribution in [3.63, 3.8) is 0 Å². The molecule has 0 radical (unpaired) electrons. The van der Waals surface area contributed by atoms with Crippen LogP contribution in [0.2, 0.25) is 0 Å². The molecule has 0 saturated carbocycles. The first-order valence-corrected chi connectivity index (χ1v) is 3.92. The molecule has 0 bridgehead atoms. The minimum atomic E-state index is -4.51. The third-order valence-corrected chi connectivity index (χ3v) is 1.80. The van der Waals surface area contributed by atoms with E-state index in [4.69, 9.17) is 10.2 Å². The normalized spacial score (nSPS) is 14.1. The Bertz CT molecular complexity index is 309. The fourth-order valence-corrected chi connectivity index (χ4v) is 1.14. The molecule has 1 atom stereocenters. The average Bonchev–Trinajstić information content (AvgIpc) is 2.15. The first kappa shape index (κ1) is 11.0. The van der Waals surface area contributed by atoms with Crippen molar-refractivity contribution in [1.29, 1.82) is 0 Å². The Balaban J connectivity index is 3.16. The van der Waals surface area contributed by atoms with E-state index >= 15 is 0 Å². The molecule has 14 heavy (non-hydrogen) atoms. The second-order valence-corrected chi connectivity index (χ2v) is 2.78. The number of hydrogen-bond acceptors (Lipinski definition) is 2. The molecular formula is C9H9F3O2. The van der Waals surface area contributed by atoms with Gasteiger partial charge in [0.15, 0.2) is 0 Å². The predicted molar refractivity (Wildman–Crippen MR) is 43.5 cm³/mol. The molecule has 0 heterocycles. The van der Waals surface area contributed by atoms with Gasteiger partial charge in [-0.3, -0.25) is 0 Å². The largest absolute Gasteiger partial charge is 0.416 e. The van der Waals surface area contributed by atoms with E-state index < -0.39 is 24.5 Å². The highest BCUT2D eigenvalue weighted by Crippen LogP contribution is 2.34. The zero-order valence-electron chi connectivity index (χ0n) is 7.12. The Kier molecular flexibility index (Phi) is 3.13. The van der Waals surface area contributed by atoms with Crippen LogP contribution in [0.5, 0.6) is 0 Å². The molecular weight excluding hydrogens is 197 g/mol. The van der Waals surface area contributed by atoms with Crippen molar-refractivity contribution in [1.82, 2.24) is 0 Å². The standard InChI is InChI=1S/C9H9F3O2/c10-9(11,12)7-4-2-1-3-6(7)8(14)5-13/h1-4,8,13-14H,5H2/t8-/m0/s1. The summed E-state index contributed by atoms with van der Waals surface area (Å²) in [6.45, 7) is -0.729. The van der Waals surface area contributed by atoms with E-state index in [1.807, 2.05) is 0 Å². The molecule has 0 aliphatic heterocycles. The second-order valence-electron chi connectivity index (χ2n) is 2.78. The van der Waals surface area contributed by atoms with E-state index in [2.05, 4.69) is 0 Å². The van der Waals surface area contributed by atoms with Crippen LogP contribution in [-0.2, 0) is 6.18 Å². The summed E-state index contributed by atoms with van der Waals surface area (Å²) < 4.78 is 37.1. The van der Waals surface area contributed by atoms with Gasteiger partial charge >= 0.3 is 6.18 Å². The lowest BCUT2D eigenvalue weighted by molar-refractivity contribution is -0.139. The van der Waals surface area contributed by atoms with Gasteiger partial charge in [-0.1, -0.05) is 18.2 Å². The van der Waals surface area contributed by atoms with Gasteiger partial charge in [0.2, 0.25) is 0 Å². The Morgan fingerprint density at radius 2 is 1.79 bits per heavy atom. The van der Waals surface area contributed by atoms with Crippen molar-refractivity contribution in [2.45, 2.75) is 12.3 Å². The van der Waals surface area contributed by atoms with Crippen LogP contribution in [0, 0.1) is 0 Å². The summed E-state index contributed by atoms with van der Waals surface area (Å²) in [5.41, 5.74) is -1.22. The molecule has 1 aromatic carbocycles. The third kappa shape index (κ3) is 2.24. The van der Waals surface area contributed by atoms with Crippen molar-refractivity contribution in [3.8, 4) is 0 Å². The second kappa shape index (κ2) is 3.98. The van der Waals surface area contributed by atoms with Crippen LogP contribution in [0.25, 0.3) is 0 Å². The van der Waals surface area contributed by atoms with E-state index in [1.54, 1.807) is 0 Å². The molecule has 0 aromatic heterocycles. The molecule has 0 aliphatic carbocycles. The molecule has 0 aliphatic rings. The summed E-state index contributed by atoms with van der Waals surface area (Å²) in [7, 11) is 0. The predicted octanol–water partition coefficient (Wildman–Crippen LogP) is 1.73. The zero-order valence-corrected chi connectivity index (χ0v) is 7.12. The van der Waals surface area contributed by atoms with Gasteiger partial charge < -0.3 is 10.2 Å². The highest BCUT2D eigenvalue weighted by atomic mass is 19.4. The first-order chi connectivity index (χ1) is 6.46. The number of aliphatic hydroxyl groups is 2. The van der Waals surface area contributed by atoms with Crippen molar-refractivity contribution in [2.75, 3.05) is 6.61 Å². The van der Waals surface area contributed by atoms with E-state index in [-0.39, 0.29) is 5.56 Å². The summed E-state index contributed by atoms with van der Waals surface area (Å²) in [5.74, 6) is 0. The Labute approximate surface area is 78.6 Å². The quantitative estimate of drug-likeness (QED) is 0.773. The molecule has 2 N–H and O–H groups in total. The number of halogens is 3. The SMILES string of the molecule is OC[C@H](O)c1ccccc1C(F)(F)F.